The molecule has 1 unspecified atom stereocenters. The highest BCUT2D eigenvalue weighted by atomic mass is 15.1. The topological polar surface area (TPSA) is 29.9 Å². The molecule has 20 heavy (non-hydrogen) atoms. The summed E-state index contributed by atoms with van der Waals surface area (Å²) in [6, 6.07) is 9.22. The predicted octanol–water partition coefficient (Wildman–Crippen LogP) is 3.36. The molecule has 3 heteroatoms. The van der Waals surface area contributed by atoms with Crippen LogP contribution in [0.2, 0.25) is 0 Å². The molecular formula is C17H25N3. The Labute approximate surface area is 122 Å². The molecule has 2 rings (SSSR count). The van der Waals surface area contributed by atoms with E-state index in [9.17, 15) is 0 Å². The van der Waals surface area contributed by atoms with E-state index in [1.165, 1.54) is 11.1 Å². The van der Waals surface area contributed by atoms with Crippen LogP contribution >= 0.6 is 0 Å². The third-order valence-electron chi connectivity index (χ3n) is 3.79. The molecular weight excluding hydrogens is 246 g/mol. The fourth-order valence-electron chi connectivity index (χ4n) is 2.53. The number of hydrogen-bond donors (Lipinski definition) is 1. The van der Waals surface area contributed by atoms with Gasteiger partial charge in [-0.25, -0.2) is 4.98 Å². The fraction of sp³-hybridized carbons (Fsp3) is 0.471. The van der Waals surface area contributed by atoms with Crippen molar-refractivity contribution >= 4 is 0 Å². The number of hydrogen-bond acceptors (Lipinski definition) is 2. The first-order valence-electron chi connectivity index (χ1n) is 7.54. The smallest absolute Gasteiger partial charge is 0.110 e. The van der Waals surface area contributed by atoms with Crippen LogP contribution < -0.4 is 5.32 Å². The van der Waals surface area contributed by atoms with Crippen LogP contribution in [0.1, 0.15) is 43.3 Å². The lowest BCUT2D eigenvalue weighted by atomic mass is 10.0. The second kappa shape index (κ2) is 7.25. The first-order chi connectivity index (χ1) is 9.78. The van der Waals surface area contributed by atoms with Crippen molar-refractivity contribution in [3.63, 3.8) is 0 Å². The Hall–Kier alpha value is -1.61. The molecule has 1 atom stereocenters. The molecule has 0 aliphatic rings. The molecule has 0 aliphatic heterocycles. The maximum atomic E-state index is 4.50. The van der Waals surface area contributed by atoms with Gasteiger partial charge in [0.25, 0.3) is 0 Å². The van der Waals surface area contributed by atoms with Crippen LogP contribution in [0.4, 0.5) is 0 Å². The van der Waals surface area contributed by atoms with Crippen molar-refractivity contribution in [3.8, 4) is 0 Å². The molecule has 0 amide bonds. The van der Waals surface area contributed by atoms with Gasteiger partial charge in [0.2, 0.25) is 0 Å². The summed E-state index contributed by atoms with van der Waals surface area (Å²) in [5.41, 5.74) is 2.71. The van der Waals surface area contributed by atoms with E-state index in [1.807, 2.05) is 13.2 Å². The van der Waals surface area contributed by atoms with Crippen molar-refractivity contribution in [1.29, 1.82) is 0 Å². The minimum Gasteiger partial charge on any atom is -0.335 e. The summed E-state index contributed by atoms with van der Waals surface area (Å²) in [6.07, 6.45) is 7.13. The number of rotatable bonds is 7. The van der Waals surface area contributed by atoms with Crippen molar-refractivity contribution in [2.75, 3.05) is 7.05 Å². The summed E-state index contributed by atoms with van der Waals surface area (Å²) in [5.74, 6) is 1.16. The molecule has 1 aromatic heterocycles. The number of nitrogens with zero attached hydrogens (tertiary/aromatic N) is 2. The van der Waals surface area contributed by atoms with E-state index in [0.29, 0.717) is 6.04 Å². The zero-order valence-corrected chi connectivity index (χ0v) is 12.8. The third kappa shape index (κ3) is 3.48. The number of imidazole rings is 1. The summed E-state index contributed by atoms with van der Waals surface area (Å²) in [6.45, 7) is 5.43. The zero-order valence-electron chi connectivity index (χ0n) is 12.8. The van der Waals surface area contributed by atoms with Gasteiger partial charge in [0.1, 0.15) is 5.82 Å². The van der Waals surface area contributed by atoms with Crippen LogP contribution in [0, 0.1) is 0 Å². The number of aryl methyl sites for hydroxylation is 2. The quantitative estimate of drug-likeness (QED) is 0.837. The lowest BCUT2D eigenvalue weighted by Crippen LogP contribution is -2.21. The Kier molecular flexibility index (Phi) is 5.36. The fourth-order valence-corrected chi connectivity index (χ4v) is 2.53. The molecule has 0 fully saturated rings. The van der Waals surface area contributed by atoms with E-state index < -0.39 is 0 Å². The summed E-state index contributed by atoms with van der Waals surface area (Å²) < 4.78 is 2.25. The van der Waals surface area contributed by atoms with E-state index in [2.05, 4.69) is 59.2 Å². The molecule has 0 radical (unpaired) electrons. The lowest BCUT2D eigenvalue weighted by Gasteiger charge is -2.17. The van der Waals surface area contributed by atoms with Gasteiger partial charge < -0.3 is 9.88 Å². The van der Waals surface area contributed by atoms with Gasteiger partial charge in [0.05, 0.1) is 0 Å². The Morgan fingerprint density at radius 3 is 2.55 bits per heavy atom. The summed E-state index contributed by atoms with van der Waals surface area (Å²) in [4.78, 5) is 4.50. The van der Waals surface area contributed by atoms with Gasteiger partial charge in [-0.05, 0) is 31.0 Å². The Balaban J connectivity index is 2.13. The van der Waals surface area contributed by atoms with Crippen molar-refractivity contribution in [3.05, 3.63) is 53.6 Å². The minimum absolute atomic E-state index is 0.318. The molecule has 1 heterocycles. The molecule has 0 saturated carbocycles. The number of likely N-dealkylation sites (N-methyl/N-ethyl adjacent to an activating group) is 1. The Morgan fingerprint density at radius 1 is 1.20 bits per heavy atom. The van der Waals surface area contributed by atoms with Gasteiger partial charge in [-0.2, -0.15) is 0 Å². The van der Waals surface area contributed by atoms with E-state index in [4.69, 9.17) is 0 Å². The largest absolute Gasteiger partial charge is 0.335 e. The zero-order chi connectivity index (χ0) is 14.4. The van der Waals surface area contributed by atoms with Crippen LogP contribution in [0.25, 0.3) is 0 Å². The van der Waals surface area contributed by atoms with Crippen molar-refractivity contribution in [2.24, 2.45) is 0 Å². The van der Waals surface area contributed by atoms with E-state index >= 15 is 0 Å². The minimum atomic E-state index is 0.318. The Morgan fingerprint density at radius 2 is 1.95 bits per heavy atom. The van der Waals surface area contributed by atoms with E-state index in [-0.39, 0.29) is 0 Å². The second-order valence-electron chi connectivity index (χ2n) is 5.18. The van der Waals surface area contributed by atoms with Crippen LogP contribution in [0.5, 0.6) is 0 Å². The highest BCUT2D eigenvalue weighted by molar-refractivity contribution is 5.25. The van der Waals surface area contributed by atoms with Gasteiger partial charge >= 0.3 is 0 Å². The average Bonchev–Trinajstić information content (AvgIpc) is 2.92. The van der Waals surface area contributed by atoms with Crippen molar-refractivity contribution in [1.82, 2.24) is 14.9 Å². The molecule has 0 bridgehead atoms. The highest BCUT2D eigenvalue weighted by Crippen LogP contribution is 2.18. The van der Waals surface area contributed by atoms with Crippen molar-refractivity contribution < 1.29 is 0 Å². The average molecular weight is 271 g/mol. The van der Waals surface area contributed by atoms with Gasteiger partial charge in [0.15, 0.2) is 0 Å². The van der Waals surface area contributed by atoms with Gasteiger partial charge in [-0.3, -0.25) is 0 Å². The van der Waals surface area contributed by atoms with Gasteiger partial charge in [0, 0.05) is 31.4 Å². The Bertz CT molecular complexity index is 513. The SMILES string of the molecule is CCCn1ccnc1CC(NC)c1ccc(CC)cc1. The standard InChI is InChI=1S/C17H25N3/c1-4-11-20-12-10-19-17(20)13-16(18-3)15-8-6-14(5-2)7-9-15/h6-10,12,16,18H,4-5,11,13H2,1-3H3. The van der Waals surface area contributed by atoms with Crippen LogP contribution in [0.3, 0.4) is 0 Å². The van der Waals surface area contributed by atoms with Crippen LogP contribution in [0.15, 0.2) is 36.7 Å². The van der Waals surface area contributed by atoms with E-state index in [0.717, 1.165) is 31.6 Å². The lowest BCUT2D eigenvalue weighted by molar-refractivity contribution is 0.543. The number of nitrogens with one attached hydrogen (secondary N) is 1. The first-order valence-corrected chi connectivity index (χ1v) is 7.54. The summed E-state index contributed by atoms with van der Waals surface area (Å²) >= 11 is 0. The highest BCUT2D eigenvalue weighted by Gasteiger charge is 2.13. The predicted molar refractivity (Wildman–Crippen MR) is 83.8 cm³/mol. The summed E-state index contributed by atoms with van der Waals surface area (Å²) in [7, 11) is 2.02. The maximum absolute atomic E-state index is 4.50. The van der Waals surface area contributed by atoms with Crippen LogP contribution in [-0.4, -0.2) is 16.6 Å². The number of aromatic nitrogens is 2. The van der Waals surface area contributed by atoms with Crippen molar-refractivity contribution in [2.45, 2.75) is 45.7 Å². The molecule has 2 aromatic rings. The molecule has 0 aliphatic carbocycles. The molecule has 1 aromatic carbocycles. The normalized spacial score (nSPS) is 12.6. The van der Waals surface area contributed by atoms with Gasteiger partial charge in [-0.15, -0.1) is 0 Å². The molecule has 108 valence electrons. The third-order valence-corrected chi connectivity index (χ3v) is 3.79. The number of benzene rings is 1. The first kappa shape index (κ1) is 14.8. The molecule has 0 saturated heterocycles. The van der Waals surface area contributed by atoms with E-state index in [1.54, 1.807) is 0 Å². The second-order valence-corrected chi connectivity index (χ2v) is 5.18. The summed E-state index contributed by atoms with van der Waals surface area (Å²) in [5, 5.41) is 3.41. The maximum Gasteiger partial charge on any atom is 0.110 e. The molecule has 1 N–H and O–H groups in total. The molecule has 0 spiro atoms. The van der Waals surface area contributed by atoms with Gasteiger partial charge in [-0.1, -0.05) is 38.1 Å². The molecule has 3 nitrogen and oxygen atoms in total. The van der Waals surface area contributed by atoms with Crippen LogP contribution in [-0.2, 0) is 19.4 Å². The monoisotopic (exact) mass is 271 g/mol.